The van der Waals surface area contributed by atoms with Gasteiger partial charge in [-0.1, -0.05) is 19.9 Å². The monoisotopic (exact) mass is 447 g/mol. The van der Waals surface area contributed by atoms with Crippen LogP contribution in [-0.2, 0) is 5.41 Å². The number of nitrogens with one attached hydrogen (secondary N) is 2. The van der Waals surface area contributed by atoms with E-state index in [0.717, 1.165) is 24.0 Å². The number of ether oxygens (including phenoxy) is 2. The van der Waals surface area contributed by atoms with E-state index in [1.165, 1.54) is 5.56 Å². The lowest BCUT2D eigenvalue weighted by atomic mass is 9.84. The number of benzene rings is 1. The van der Waals surface area contributed by atoms with E-state index in [1.807, 2.05) is 6.07 Å². The fourth-order valence-electron chi connectivity index (χ4n) is 2.43. The van der Waals surface area contributed by atoms with Gasteiger partial charge in [0.25, 0.3) is 0 Å². The molecule has 0 atom stereocenters. The average molecular weight is 447 g/mol. The van der Waals surface area contributed by atoms with Gasteiger partial charge < -0.3 is 20.1 Å². The van der Waals surface area contributed by atoms with Gasteiger partial charge in [-0.15, -0.1) is 24.0 Å². The summed E-state index contributed by atoms with van der Waals surface area (Å²) in [6, 6.07) is 6.52. The first-order valence-corrected chi connectivity index (χ1v) is 8.37. The van der Waals surface area contributed by atoms with Crippen molar-refractivity contribution in [2.24, 2.45) is 4.99 Å². The van der Waals surface area contributed by atoms with Crippen LogP contribution in [0.25, 0.3) is 0 Å². The molecule has 0 radical (unpaired) electrons. The molecule has 0 bridgehead atoms. The maximum absolute atomic E-state index is 5.69. The van der Waals surface area contributed by atoms with E-state index in [-0.39, 0.29) is 29.4 Å². The fourth-order valence-corrected chi connectivity index (χ4v) is 2.43. The SMILES string of the molecule is CCNC(=NCC(C)(C)c1ccc2c(c1)OCCO2)NC(C)C.I. The smallest absolute Gasteiger partial charge is 0.191 e. The molecule has 0 fully saturated rings. The van der Waals surface area contributed by atoms with E-state index in [1.54, 1.807) is 0 Å². The molecule has 1 aromatic carbocycles. The van der Waals surface area contributed by atoms with Gasteiger partial charge in [0.1, 0.15) is 13.2 Å². The van der Waals surface area contributed by atoms with Crippen LogP contribution in [0.15, 0.2) is 23.2 Å². The molecule has 1 aliphatic heterocycles. The third-order valence-electron chi connectivity index (χ3n) is 3.73. The van der Waals surface area contributed by atoms with Gasteiger partial charge in [0.15, 0.2) is 17.5 Å². The molecular weight excluding hydrogens is 417 g/mol. The van der Waals surface area contributed by atoms with Crippen LogP contribution < -0.4 is 20.1 Å². The molecule has 2 rings (SSSR count). The molecule has 0 amide bonds. The number of hydrogen-bond acceptors (Lipinski definition) is 3. The Morgan fingerprint density at radius 3 is 2.50 bits per heavy atom. The molecule has 5 nitrogen and oxygen atoms in total. The molecule has 1 aliphatic rings. The molecule has 136 valence electrons. The highest BCUT2D eigenvalue weighted by molar-refractivity contribution is 14.0. The van der Waals surface area contributed by atoms with Gasteiger partial charge >= 0.3 is 0 Å². The standard InChI is InChI=1S/C18H29N3O2.HI/c1-6-19-17(21-13(2)3)20-12-18(4,5)14-7-8-15-16(11-14)23-10-9-22-15;/h7-8,11,13H,6,9-10,12H2,1-5H3,(H2,19,20,21);1H. The quantitative estimate of drug-likeness (QED) is 0.413. The summed E-state index contributed by atoms with van der Waals surface area (Å²) < 4.78 is 11.3. The number of rotatable bonds is 5. The van der Waals surface area contributed by atoms with E-state index < -0.39 is 0 Å². The minimum Gasteiger partial charge on any atom is -0.486 e. The van der Waals surface area contributed by atoms with Gasteiger partial charge in [0.05, 0.1) is 6.54 Å². The Morgan fingerprint density at radius 1 is 1.21 bits per heavy atom. The molecule has 0 spiro atoms. The fraction of sp³-hybridized carbons (Fsp3) is 0.611. The van der Waals surface area contributed by atoms with Crippen LogP contribution in [0.2, 0.25) is 0 Å². The number of fused-ring (bicyclic) bond motifs is 1. The Balaban J connectivity index is 0.00000288. The van der Waals surface area contributed by atoms with Crippen LogP contribution in [0.1, 0.15) is 40.2 Å². The number of nitrogens with zero attached hydrogens (tertiary/aromatic N) is 1. The molecule has 6 heteroatoms. The Kier molecular flexibility index (Phi) is 8.12. The van der Waals surface area contributed by atoms with Crippen molar-refractivity contribution in [3.63, 3.8) is 0 Å². The zero-order valence-electron chi connectivity index (χ0n) is 15.3. The van der Waals surface area contributed by atoms with Crippen molar-refractivity contribution in [2.45, 2.75) is 46.1 Å². The number of guanidine groups is 1. The van der Waals surface area contributed by atoms with Crippen molar-refractivity contribution in [3.8, 4) is 11.5 Å². The van der Waals surface area contributed by atoms with Crippen LogP contribution in [0.4, 0.5) is 0 Å². The molecule has 0 unspecified atom stereocenters. The summed E-state index contributed by atoms with van der Waals surface area (Å²) in [5, 5.41) is 6.63. The van der Waals surface area contributed by atoms with Crippen LogP contribution in [0.5, 0.6) is 11.5 Å². The summed E-state index contributed by atoms with van der Waals surface area (Å²) in [5.41, 5.74) is 1.11. The predicted molar refractivity (Wildman–Crippen MR) is 110 cm³/mol. The highest BCUT2D eigenvalue weighted by atomic mass is 127. The molecule has 2 N–H and O–H groups in total. The van der Waals surface area contributed by atoms with Crippen molar-refractivity contribution < 1.29 is 9.47 Å². The Hall–Kier alpha value is -1.18. The van der Waals surface area contributed by atoms with Crippen molar-refractivity contribution in [1.29, 1.82) is 0 Å². The molecule has 1 heterocycles. The second kappa shape index (κ2) is 9.34. The minimum atomic E-state index is -0.0881. The minimum absolute atomic E-state index is 0. The summed E-state index contributed by atoms with van der Waals surface area (Å²) in [7, 11) is 0. The maximum Gasteiger partial charge on any atom is 0.191 e. The largest absolute Gasteiger partial charge is 0.486 e. The molecule has 0 saturated heterocycles. The lowest BCUT2D eigenvalue weighted by molar-refractivity contribution is 0.171. The van der Waals surface area contributed by atoms with Crippen molar-refractivity contribution in [2.75, 3.05) is 26.3 Å². The maximum atomic E-state index is 5.69. The third kappa shape index (κ3) is 5.72. The normalized spacial score (nSPS) is 14.2. The van der Waals surface area contributed by atoms with Gasteiger partial charge in [-0.05, 0) is 38.5 Å². The second-order valence-corrected chi connectivity index (χ2v) is 6.74. The van der Waals surface area contributed by atoms with Gasteiger partial charge in [0, 0.05) is 18.0 Å². The Labute approximate surface area is 162 Å². The summed E-state index contributed by atoms with van der Waals surface area (Å²) in [6.07, 6.45) is 0. The first kappa shape index (κ1) is 20.9. The van der Waals surface area contributed by atoms with Crippen molar-refractivity contribution >= 4 is 29.9 Å². The average Bonchev–Trinajstić information content (AvgIpc) is 2.52. The molecule has 0 saturated carbocycles. The molecule has 0 aromatic heterocycles. The zero-order chi connectivity index (χ0) is 16.9. The summed E-state index contributed by atoms with van der Waals surface area (Å²) >= 11 is 0. The topological polar surface area (TPSA) is 54.9 Å². The summed E-state index contributed by atoms with van der Waals surface area (Å²) in [5.74, 6) is 2.51. The second-order valence-electron chi connectivity index (χ2n) is 6.74. The van der Waals surface area contributed by atoms with Crippen LogP contribution in [0, 0.1) is 0 Å². The van der Waals surface area contributed by atoms with E-state index >= 15 is 0 Å². The highest BCUT2D eigenvalue weighted by Crippen LogP contribution is 2.35. The lowest BCUT2D eigenvalue weighted by Gasteiger charge is -2.26. The number of hydrogen-bond donors (Lipinski definition) is 2. The Bertz CT molecular complexity index is 559. The third-order valence-corrected chi connectivity index (χ3v) is 3.73. The van der Waals surface area contributed by atoms with E-state index in [2.05, 4.69) is 57.4 Å². The lowest BCUT2D eigenvalue weighted by Crippen LogP contribution is -2.41. The van der Waals surface area contributed by atoms with Gasteiger partial charge in [-0.25, -0.2) is 0 Å². The van der Waals surface area contributed by atoms with Crippen molar-refractivity contribution in [1.82, 2.24) is 10.6 Å². The first-order valence-electron chi connectivity index (χ1n) is 8.37. The first-order chi connectivity index (χ1) is 10.9. The Morgan fingerprint density at radius 2 is 1.88 bits per heavy atom. The van der Waals surface area contributed by atoms with Crippen LogP contribution in [0.3, 0.4) is 0 Å². The van der Waals surface area contributed by atoms with E-state index in [4.69, 9.17) is 14.5 Å². The van der Waals surface area contributed by atoms with Gasteiger partial charge in [-0.3, -0.25) is 4.99 Å². The van der Waals surface area contributed by atoms with Gasteiger partial charge in [0.2, 0.25) is 0 Å². The molecule has 0 aliphatic carbocycles. The summed E-state index contributed by atoms with van der Waals surface area (Å²) in [4.78, 5) is 4.74. The summed E-state index contributed by atoms with van der Waals surface area (Å²) in [6.45, 7) is 13.4. The number of aliphatic imine (C=N–C) groups is 1. The molecule has 24 heavy (non-hydrogen) atoms. The zero-order valence-corrected chi connectivity index (χ0v) is 17.6. The highest BCUT2D eigenvalue weighted by Gasteiger charge is 2.23. The van der Waals surface area contributed by atoms with Crippen LogP contribution >= 0.6 is 24.0 Å². The molecular formula is C18H30IN3O2. The van der Waals surface area contributed by atoms with E-state index in [9.17, 15) is 0 Å². The predicted octanol–water partition coefficient (Wildman–Crippen LogP) is 3.32. The number of halogens is 1. The van der Waals surface area contributed by atoms with Crippen LogP contribution in [-0.4, -0.2) is 38.3 Å². The van der Waals surface area contributed by atoms with Crippen molar-refractivity contribution in [3.05, 3.63) is 23.8 Å². The van der Waals surface area contributed by atoms with Gasteiger partial charge in [-0.2, -0.15) is 0 Å². The van der Waals surface area contributed by atoms with E-state index in [0.29, 0.717) is 25.8 Å². The molecule has 1 aromatic rings.